The van der Waals surface area contributed by atoms with Gasteiger partial charge in [-0.1, -0.05) is 59.6 Å². The Morgan fingerprint density at radius 2 is 0.962 bits per heavy atom. The quantitative estimate of drug-likeness (QED) is 0.293. The molecule has 0 amide bonds. The van der Waals surface area contributed by atoms with E-state index in [0.29, 0.717) is 0 Å². The smallest absolute Gasteiger partial charge is 0.189 e. The zero-order valence-electron chi connectivity index (χ0n) is 13.0. The van der Waals surface area contributed by atoms with Crippen LogP contribution in [0.5, 0.6) is 0 Å². The normalized spacial score (nSPS) is 9.77. The number of carbonyl (C=O) groups excluding carboxylic acids is 2. The number of benzene rings is 2. The second-order valence-electron chi connectivity index (χ2n) is 4.57. The van der Waals surface area contributed by atoms with E-state index in [4.69, 9.17) is 46.4 Å². The summed E-state index contributed by atoms with van der Waals surface area (Å²) in [5, 5.41) is -0.192. The first kappa shape index (κ1) is 22.3. The molecule has 0 bridgehead atoms. The van der Waals surface area contributed by atoms with Crippen molar-refractivity contribution in [3.63, 3.8) is 0 Å². The van der Waals surface area contributed by atoms with Gasteiger partial charge in [0.05, 0.1) is 31.2 Å². The molecule has 2 nitrogen and oxygen atoms in total. The van der Waals surface area contributed by atoms with Crippen molar-refractivity contribution in [2.75, 3.05) is 0 Å². The van der Waals surface area contributed by atoms with Crippen LogP contribution in [0.1, 0.15) is 20.7 Å². The lowest BCUT2D eigenvalue weighted by atomic mass is 10.1. The molecule has 0 aliphatic rings. The number of rotatable bonds is 4. The lowest BCUT2D eigenvalue weighted by Gasteiger charge is -2.02. The first-order valence-corrected chi connectivity index (χ1v) is 8.27. The molecule has 26 heavy (non-hydrogen) atoms. The van der Waals surface area contributed by atoms with Gasteiger partial charge in [0, 0.05) is 0 Å². The molecule has 2 aromatic rings. The average molecular weight is 438 g/mol. The van der Waals surface area contributed by atoms with Crippen molar-refractivity contribution in [1.29, 1.82) is 0 Å². The minimum Gasteiger partial charge on any atom is -0.289 e. The van der Waals surface area contributed by atoms with Crippen LogP contribution in [0.3, 0.4) is 0 Å². The lowest BCUT2D eigenvalue weighted by molar-refractivity contribution is 0.103. The predicted octanol–water partition coefficient (Wildman–Crippen LogP) is 7.00. The molecular formula is C18H10Cl4F2O2. The maximum atomic E-state index is 13.2. The zero-order valence-corrected chi connectivity index (χ0v) is 16.0. The van der Waals surface area contributed by atoms with Crippen LogP contribution in [0.4, 0.5) is 8.78 Å². The van der Waals surface area contributed by atoms with Crippen LogP contribution in [0.15, 0.2) is 49.6 Å². The predicted molar refractivity (Wildman–Crippen MR) is 102 cm³/mol. The number of ketones is 2. The molecule has 136 valence electrons. The summed E-state index contributed by atoms with van der Waals surface area (Å²) in [5.41, 5.74) is -0.465. The molecular weight excluding hydrogens is 428 g/mol. The first-order chi connectivity index (χ1) is 12.1. The minimum absolute atomic E-state index is 0.0341. The highest BCUT2D eigenvalue weighted by atomic mass is 35.5. The Morgan fingerprint density at radius 1 is 0.692 bits per heavy atom. The number of halogens is 6. The van der Waals surface area contributed by atoms with E-state index in [0.717, 1.165) is 12.2 Å². The van der Waals surface area contributed by atoms with E-state index in [1.807, 2.05) is 0 Å². The van der Waals surface area contributed by atoms with Crippen molar-refractivity contribution in [1.82, 2.24) is 0 Å². The number of hydrogen-bond acceptors (Lipinski definition) is 2. The van der Waals surface area contributed by atoms with E-state index in [1.165, 1.54) is 24.3 Å². The molecule has 0 heterocycles. The Bertz CT molecular complexity index is 822. The second-order valence-corrected chi connectivity index (χ2v) is 6.20. The Morgan fingerprint density at radius 3 is 1.23 bits per heavy atom. The van der Waals surface area contributed by atoms with Gasteiger partial charge in [0.1, 0.15) is 0 Å². The van der Waals surface area contributed by atoms with Gasteiger partial charge in [-0.25, -0.2) is 8.78 Å². The Balaban J connectivity index is 0.000000260. The molecule has 0 atom stereocenters. The largest absolute Gasteiger partial charge is 0.289 e. The van der Waals surface area contributed by atoms with Crippen LogP contribution in [0.2, 0.25) is 20.1 Å². The van der Waals surface area contributed by atoms with Crippen LogP contribution in [-0.2, 0) is 0 Å². The minimum atomic E-state index is -0.806. The number of allylic oxidation sites excluding steroid dienone is 2. The van der Waals surface area contributed by atoms with E-state index >= 15 is 0 Å². The van der Waals surface area contributed by atoms with Gasteiger partial charge in [-0.05, 0) is 36.4 Å². The number of carbonyl (C=O) groups is 2. The summed E-state index contributed by atoms with van der Waals surface area (Å²) in [7, 11) is 0. The molecule has 0 aliphatic heterocycles. The third kappa shape index (κ3) is 5.15. The van der Waals surface area contributed by atoms with Crippen LogP contribution < -0.4 is 0 Å². The summed E-state index contributed by atoms with van der Waals surface area (Å²) < 4.78 is 26.4. The molecule has 0 saturated carbocycles. The molecule has 2 aromatic carbocycles. The van der Waals surface area contributed by atoms with Gasteiger partial charge in [0.15, 0.2) is 23.2 Å². The van der Waals surface area contributed by atoms with Gasteiger partial charge >= 0.3 is 0 Å². The molecule has 0 N–H and O–H groups in total. The Kier molecular flexibility index (Phi) is 8.44. The summed E-state index contributed by atoms with van der Waals surface area (Å²) in [5.74, 6) is -2.77. The van der Waals surface area contributed by atoms with Crippen molar-refractivity contribution >= 4 is 58.0 Å². The van der Waals surface area contributed by atoms with E-state index in [-0.39, 0.29) is 31.2 Å². The SMILES string of the molecule is C=CC(=O)c1c(Cl)ccc(Cl)c1F.C=CC(=O)c1c(Cl)ccc(Cl)c1F. The molecule has 0 spiro atoms. The average Bonchev–Trinajstić information content (AvgIpc) is 2.62. The standard InChI is InChI=1S/2C9H5Cl2FO/c2*1-2-7(13)8-5(10)3-4-6(11)9(8)12/h2*2-4H,1H2. The molecule has 8 heteroatoms. The van der Waals surface area contributed by atoms with Gasteiger partial charge in [0.25, 0.3) is 0 Å². The highest BCUT2D eigenvalue weighted by Gasteiger charge is 2.16. The lowest BCUT2D eigenvalue weighted by Crippen LogP contribution is -2.00. The molecule has 0 aromatic heterocycles. The number of hydrogen-bond donors (Lipinski definition) is 0. The van der Waals surface area contributed by atoms with Crippen molar-refractivity contribution in [2.24, 2.45) is 0 Å². The second kappa shape index (κ2) is 9.83. The van der Waals surface area contributed by atoms with Crippen molar-refractivity contribution in [3.8, 4) is 0 Å². The Labute approximate surface area is 168 Å². The van der Waals surface area contributed by atoms with Crippen LogP contribution in [0.25, 0.3) is 0 Å². The third-order valence-electron chi connectivity index (χ3n) is 2.95. The fourth-order valence-corrected chi connectivity index (χ4v) is 2.50. The third-order valence-corrected chi connectivity index (χ3v) is 4.17. The monoisotopic (exact) mass is 436 g/mol. The van der Waals surface area contributed by atoms with Gasteiger partial charge in [-0.2, -0.15) is 0 Å². The maximum Gasteiger partial charge on any atom is 0.189 e. The topological polar surface area (TPSA) is 34.1 Å². The zero-order chi connectivity index (χ0) is 20.0. The molecule has 0 unspecified atom stereocenters. The van der Waals surface area contributed by atoms with E-state index in [2.05, 4.69) is 13.2 Å². The van der Waals surface area contributed by atoms with E-state index in [1.54, 1.807) is 0 Å². The maximum absolute atomic E-state index is 13.2. The van der Waals surface area contributed by atoms with Crippen molar-refractivity contribution in [3.05, 3.63) is 92.4 Å². The first-order valence-electron chi connectivity index (χ1n) is 6.76. The highest BCUT2D eigenvalue weighted by Crippen LogP contribution is 2.26. The van der Waals surface area contributed by atoms with Gasteiger partial charge < -0.3 is 0 Å². The van der Waals surface area contributed by atoms with E-state index in [9.17, 15) is 18.4 Å². The summed E-state index contributed by atoms with van der Waals surface area (Å²) >= 11 is 22.1. The summed E-state index contributed by atoms with van der Waals surface area (Å²) in [6.07, 6.45) is 1.97. The van der Waals surface area contributed by atoms with Crippen molar-refractivity contribution in [2.45, 2.75) is 0 Å². The molecule has 2 rings (SSSR count). The highest BCUT2D eigenvalue weighted by molar-refractivity contribution is 6.37. The Hall–Kier alpha value is -1.72. The van der Waals surface area contributed by atoms with Gasteiger partial charge in [-0.15, -0.1) is 0 Å². The summed E-state index contributed by atoms with van der Waals surface area (Å²) in [6.45, 7) is 6.46. The molecule has 0 fully saturated rings. The fourth-order valence-electron chi connectivity index (χ4n) is 1.71. The van der Waals surface area contributed by atoms with Crippen molar-refractivity contribution < 1.29 is 18.4 Å². The molecule has 0 saturated heterocycles. The van der Waals surface area contributed by atoms with Gasteiger partial charge in [0.2, 0.25) is 0 Å². The van der Waals surface area contributed by atoms with Gasteiger partial charge in [-0.3, -0.25) is 9.59 Å². The van der Waals surface area contributed by atoms with Crippen LogP contribution in [0, 0.1) is 11.6 Å². The summed E-state index contributed by atoms with van der Waals surface area (Å²) in [4.78, 5) is 22.2. The van der Waals surface area contributed by atoms with E-state index < -0.39 is 23.2 Å². The molecule has 0 aliphatic carbocycles. The van der Waals surface area contributed by atoms with Crippen LogP contribution in [-0.4, -0.2) is 11.6 Å². The molecule has 0 radical (unpaired) electrons. The van der Waals surface area contributed by atoms with Crippen LogP contribution >= 0.6 is 46.4 Å². The fraction of sp³-hybridized carbons (Fsp3) is 0. The summed E-state index contributed by atoms with van der Waals surface area (Å²) in [6, 6.07) is 5.31.